The van der Waals surface area contributed by atoms with E-state index in [9.17, 15) is 19.5 Å². The second-order valence-corrected chi connectivity index (χ2v) is 29.1. The van der Waals surface area contributed by atoms with Crippen molar-refractivity contribution in [2.75, 3.05) is 78.5 Å². The molecule has 0 saturated heterocycles. The predicted molar refractivity (Wildman–Crippen MR) is 404 cm³/mol. The van der Waals surface area contributed by atoms with Crippen molar-refractivity contribution in [3.63, 3.8) is 0 Å². The van der Waals surface area contributed by atoms with Crippen LogP contribution in [0.5, 0.6) is 0 Å². The number of carbonyl (C=O) groups excluding carboxylic acids is 3. The van der Waals surface area contributed by atoms with Gasteiger partial charge in [0, 0.05) is 65.1 Å². The first-order valence-corrected chi connectivity index (χ1v) is 41.9. The number of aliphatic hydroxyl groups excluding tert-OH is 1. The number of amides is 3. The molecule has 0 rings (SSSR count). The highest BCUT2D eigenvalue weighted by Gasteiger charge is 2.18. The van der Waals surface area contributed by atoms with Gasteiger partial charge in [0.1, 0.15) is 0 Å². The molecule has 0 aliphatic carbocycles. The van der Waals surface area contributed by atoms with Gasteiger partial charge in [-0.1, -0.05) is 349 Å². The molecular weight excluding hydrogens is 1130 g/mol. The summed E-state index contributed by atoms with van der Waals surface area (Å²) in [6, 6.07) is 0. The first-order valence-electron chi connectivity index (χ1n) is 41.9. The minimum atomic E-state index is -0.521. The van der Waals surface area contributed by atoms with E-state index in [1.807, 2.05) is 0 Å². The fourth-order valence-corrected chi connectivity index (χ4v) is 13.5. The molecular formula is C82H166N6O4. The summed E-state index contributed by atoms with van der Waals surface area (Å²) < 4.78 is 0. The lowest BCUT2D eigenvalue weighted by atomic mass is 10.1. The van der Waals surface area contributed by atoms with E-state index in [0.717, 1.165) is 110 Å². The van der Waals surface area contributed by atoms with Crippen molar-refractivity contribution < 1.29 is 19.5 Å². The van der Waals surface area contributed by atoms with Gasteiger partial charge in [-0.2, -0.15) is 0 Å². The zero-order valence-electron chi connectivity index (χ0n) is 63.2. The first kappa shape index (κ1) is 90.2. The highest BCUT2D eigenvalue weighted by atomic mass is 16.3. The third-order valence-corrected chi connectivity index (χ3v) is 19.8. The van der Waals surface area contributed by atoms with Gasteiger partial charge in [-0.3, -0.25) is 14.4 Å². The summed E-state index contributed by atoms with van der Waals surface area (Å²) in [4.78, 5) is 46.9. The Morgan fingerprint density at radius 2 is 0.413 bits per heavy atom. The fourth-order valence-electron chi connectivity index (χ4n) is 13.5. The van der Waals surface area contributed by atoms with Crippen molar-refractivity contribution in [3.8, 4) is 0 Å². The van der Waals surface area contributed by atoms with Gasteiger partial charge < -0.3 is 35.8 Å². The summed E-state index contributed by atoms with van der Waals surface area (Å²) in [5.74, 6) is 0.473. The van der Waals surface area contributed by atoms with Crippen LogP contribution in [0.4, 0.5) is 0 Å². The van der Waals surface area contributed by atoms with Crippen molar-refractivity contribution in [2.24, 2.45) is 0 Å². The van der Waals surface area contributed by atoms with Crippen LogP contribution in [-0.4, -0.2) is 122 Å². The third-order valence-electron chi connectivity index (χ3n) is 19.8. The van der Waals surface area contributed by atoms with E-state index in [4.69, 9.17) is 0 Å². The van der Waals surface area contributed by atoms with Crippen molar-refractivity contribution in [1.82, 2.24) is 30.7 Å². The van der Waals surface area contributed by atoms with E-state index in [1.54, 1.807) is 0 Å². The number of nitrogens with zero attached hydrogens (tertiary/aromatic N) is 3. The first-order chi connectivity index (χ1) is 45.3. The largest absolute Gasteiger partial charge is 0.390 e. The zero-order valence-corrected chi connectivity index (χ0v) is 63.2. The molecule has 0 bridgehead atoms. The molecule has 0 heterocycles. The number of carbonyl (C=O) groups is 3. The van der Waals surface area contributed by atoms with E-state index < -0.39 is 6.10 Å². The predicted octanol–water partition coefficient (Wildman–Crippen LogP) is 22.5. The van der Waals surface area contributed by atoms with E-state index >= 15 is 0 Å². The van der Waals surface area contributed by atoms with Gasteiger partial charge in [0.2, 0.25) is 17.7 Å². The van der Waals surface area contributed by atoms with Crippen molar-refractivity contribution in [2.45, 2.75) is 432 Å². The smallest absolute Gasteiger partial charge is 0.221 e. The van der Waals surface area contributed by atoms with E-state index in [-0.39, 0.29) is 17.7 Å². The van der Waals surface area contributed by atoms with E-state index in [1.165, 1.54) is 321 Å². The lowest BCUT2D eigenvalue weighted by Crippen LogP contribution is -2.42. The molecule has 0 aromatic carbocycles. The Bertz CT molecular complexity index is 1470. The number of rotatable bonds is 79. The number of hydrogen-bond donors (Lipinski definition) is 4. The van der Waals surface area contributed by atoms with Gasteiger partial charge in [-0.15, -0.1) is 0 Å². The fraction of sp³-hybridized carbons (Fsp3) is 0.963. The minimum absolute atomic E-state index is 0.109. The molecule has 0 aromatic rings. The van der Waals surface area contributed by atoms with Gasteiger partial charge in [-0.05, 0) is 90.5 Å². The molecule has 1 unspecified atom stereocenters. The maximum Gasteiger partial charge on any atom is 0.221 e. The Balaban J connectivity index is 5.72. The van der Waals surface area contributed by atoms with Gasteiger partial charge in [0.15, 0.2) is 0 Å². The van der Waals surface area contributed by atoms with Crippen molar-refractivity contribution >= 4 is 17.7 Å². The van der Waals surface area contributed by atoms with E-state index in [0.29, 0.717) is 38.9 Å². The van der Waals surface area contributed by atoms with Crippen molar-refractivity contribution in [1.29, 1.82) is 0 Å². The number of aliphatic hydroxyl groups is 1. The molecule has 548 valence electrons. The Morgan fingerprint density at radius 1 is 0.228 bits per heavy atom. The van der Waals surface area contributed by atoms with Crippen LogP contribution in [0, 0.1) is 0 Å². The maximum absolute atomic E-state index is 13.3. The molecule has 0 aliphatic heterocycles. The monoisotopic (exact) mass is 1300 g/mol. The van der Waals surface area contributed by atoms with Crippen LogP contribution in [0.25, 0.3) is 0 Å². The zero-order chi connectivity index (χ0) is 66.8. The molecule has 0 aromatic heterocycles. The highest BCUT2D eigenvalue weighted by molar-refractivity contribution is 5.76. The molecule has 10 nitrogen and oxygen atoms in total. The van der Waals surface area contributed by atoms with Crippen LogP contribution in [0.15, 0.2) is 0 Å². The SMILES string of the molecule is CCCCCCCCCCCCCCN(CCCCN(CCCCCCCCCCCCCC)CC(O)CN(CCCCC(=O)NCCCCCCCCCCCC)CCC(=O)NCCCCCCCCCCCC)CCC(=O)NCCCCCCCCCCCC. The minimum Gasteiger partial charge on any atom is -0.390 e. The summed E-state index contributed by atoms with van der Waals surface area (Å²) in [6.07, 6.45) is 76.0. The molecule has 0 spiro atoms. The summed E-state index contributed by atoms with van der Waals surface area (Å²) in [5.41, 5.74) is 0. The standard InChI is InChI=1S/C82H166N6O4/c1-6-11-16-21-26-31-36-38-43-48-53-59-70-86(75-65-81(91)84-68-57-51-46-41-34-29-24-19-14-9-4)71-62-63-74-87(72-60-54-49-44-39-37-32-27-22-17-12-7-2)77-79(89)78-88(76-66-82(92)85-69-58-52-47-42-35-30-25-20-15-10-5)73-61-55-64-80(90)83-67-56-50-45-40-33-28-23-18-13-8-3/h79,89H,6-78H2,1-5H3,(H,83,90)(H,84,91)(H,85,92). The molecule has 3 amide bonds. The lowest BCUT2D eigenvalue weighted by Gasteiger charge is -2.30. The molecule has 0 radical (unpaired) electrons. The highest BCUT2D eigenvalue weighted by Crippen LogP contribution is 2.18. The summed E-state index contributed by atoms with van der Waals surface area (Å²) in [7, 11) is 0. The Morgan fingerprint density at radius 3 is 0.685 bits per heavy atom. The van der Waals surface area contributed by atoms with Gasteiger partial charge >= 0.3 is 0 Å². The van der Waals surface area contributed by atoms with Gasteiger partial charge in [0.25, 0.3) is 0 Å². The summed E-state index contributed by atoms with van der Waals surface area (Å²) in [6.45, 7) is 21.2. The average Bonchev–Trinajstić information content (AvgIpc) is 3.70. The van der Waals surface area contributed by atoms with Crippen LogP contribution in [0.2, 0.25) is 0 Å². The lowest BCUT2D eigenvalue weighted by molar-refractivity contribution is -0.122. The molecule has 4 N–H and O–H groups in total. The molecule has 92 heavy (non-hydrogen) atoms. The average molecular weight is 1300 g/mol. The maximum atomic E-state index is 13.3. The van der Waals surface area contributed by atoms with Gasteiger partial charge in [0.05, 0.1) is 6.10 Å². The van der Waals surface area contributed by atoms with Crippen molar-refractivity contribution in [3.05, 3.63) is 0 Å². The second kappa shape index (κ2) is 76.6. The van der Waals surface area contributed by atoms with Crippen LogP contribution in [0.1, 0.15) is 426 Å². The summed E-state index contributed by atoms with van der Waals surface area (Å²) >= 11 is 0. The quantitative estimate of drug-likeness (QED) is 0.0448. The van der Waals surface area contributed by atoms with E-state index in [2.05, 4.69) is 65.3 Å². The topological polar surface area (TPSA) is 117 Å². The van der Waals surface area contributed by atoms with Crippen LogP contribution >= 0.6 is 0 Å². The summed E-state index contributed by atoms with van der Waals surface area (Å²) in [5, 5.41) is 21.7. The Labute approximate surface area is 576 Å². The Kier molecular flexibility index (Phi) is 75.2. The molecule has 1 atom stereocenters. The Hall–Kier alpha value is -1.75. The van der Waals surface area contributed by atoms with Crippen LogP contribution in [-0.2, 0) is 14.4 Å². The third kappa shape index (κ3) is 71.0. The number of hydrogen-bond acceptors (Lipinski definition) is 7. The van der Waals surface area contributed by atoms with Crippen LogP contribution in [0.3, 0.4) is 0 Å². The van der Waals surface area contributed by atoms with Gasteiger partial charge in [-0.25, -0.2) is 0 Å². The molecule has 10 heteroatoms. The normalized spacial score (nSPS) is 12.1. The number of nitrogens with one attached hydrogen (secondary N) is 3. The molecule has 0 saturated carbocycles. The number of unbranched alkanes of at least 4 members (excludes halogenated alkanes) is 51. The molecule has 0 fully saturated rings. The molecule has 0 aliphatic rings. The van der Waals surface area contributed by atoms with Crippen LogP contribution < -0.4 is 16.0 Å². The second-order valence-electron chi connectivity index (χ2n) is 29.1.